The molecule has 0 fully saturated rings. The third kappa shape index (κ3) is 6.49. The highest BCUT2D eigenvalue weighted by Crippen LogP contribution is 2.36. The number of nitrogens with zero attached hydrogens (tertiary/aromatic N) is 1. The number of pyridine rings is 1. The predicted molar refractivity (Wildman–Crippen MR) is 122 cm³/mol. The van der Waals surface area contributed by atoms with Crippen molar-refractivity contribution in [1.82, 2.24) is 4.98 Å². The molecule has 0 spiro atoms. The van der Waals surface area contributed by atoms with Gasteiger partial charge in [-0.05, 0) is 48.9 Å². The van der Waals surface area contributed by atoms with Crippen LogP contribution in [0.3, 0.4) is 0 Å². The van der Waals surface area contributed by atoms with E-state index in [1.54, 1.807) is 42.7 Å². The van der Waals surface area contributed by atoms with Gasteiger partial charge in [0.2, 0.25) is 5.91 Å². The fraction of sp³-hybridized carbons (Fsp3) is 0.167. The first kappa shape index (κ1) is 22.2. The van der Waals surface area contributed by atoms with E-state index in [2.05, 4.69) is 10.3 Å². The van der Waals surface area contributed by atoms with Crippen molar-refractivity contribution >= 4 is 29.3 Å². The summed E-state index contributed by atoms with van der Waals surface area (Å²) in [4.78, 5) is 16.4. The van der Waals surface area contributed by atoms with Crippen LogP contribution in [0.25, 0.3) is 6.08 Å². The Morgan fingerprint density at radius 2 is 2.03 bits per heavy atom. The average Bonchev–Trinajstić information content (AvgIpc) is 2.79. The van der Waals surface area contributed by atoms with Gasteiger partial charge in [-0.2, -0.15) is 0 Å². The van der Waals surface area contributed by atoms with Crippen LogP contribution in [0, 0.1) is 0 Å². The topological polar surface area (TPSA) is 69.7 Å². The molecule has 0 saturated heterocycles. The zero-order chi connectivity index (χ0) is 22.1. The van der Waals surface area contributed by atoms with Gasteiger partial charge in [0.15, 0.2) is 11.5 Å². The summed E-state index contributed by atoms with van der Waals surface area (Å²) in [6, 6.07) is 14.5. The molecule has 0 unspecified atom stereocenters. The van der Waals surface area contributed by atoms with Crippen molar-refractivity contribution in [3.63, 3.8) is 0 Å². The molecule has 1 N–H and O–H groups in total. The molecular weight excluding hydrogens is 416 g/mol. The molecule has 3 rings (SSSR count). The lowest BCUT2D eigenvalue weighted by Crippen LogP contribution is -2.07. The van der Waals surface area contributed by atoms with Crippen LogP contribution in [0.2, 0.25) is 5.02 Å². The summed E-state index contributed by atoms with van der Waals surface area (Å²) >= 11 is 6.27. The number of anilines is 1. The van der Waals surface area contributed by atoms with Crippen molar-refractivity contribution < 1.29 is 19.0 Å². The number of halogens is 1. The molecule has 0 aliphatic rings. The Morgan fingerprint density at radius 1 is 1.16 bits per heavy atom. The number of rotatable bonds is 9. The van der Waals surface area contributed by atoms with Crippen molar-refractivity contribution in [3.05, 3.63) is 83.2 Å². The van der Waals surface area contributed by atoms with E-state index in [4.69, 9.17) is 25.8 Å². The van der Waals surface area contributed by atoms with Gasteiger partial charge < -0.3 is 19.5 Å². The molecule has 1 heterocycles. The zero-order valence-corrected chi connectivity index (χ0v) is 18.1. The molecule has 0 bridgehead atoms. The van der Waals surface area contributed by atoms with Gasteiger partial charge in [-0.3, -0.25) is 9.78 Å². The van der Waals surface area contributed by atoms with Crippen LogP contribution in [-0.4, -0.2) is 24.6 Å². The van der Waals surface area contributed by atoms with Crippen molar-refractivity contribution in [2.24, 2.45) is 0 Å². The number of benzene rings is 2. The van der Waals surface area contributed by atoms with Gasteiger partial charge in [0.1, 0.15) is 12.4 Å². The maximum atomic E-state index is 12.3. The van der Waals surface area contributed by atoms with E-state index in [-0.39, 0.29) is 5.91 Å². The summed E-state index contributed by atoms with van der Waals surface area (Å²) in [6.45, 7) is 2.73. The molecule has 0 atom stereocenters. The second-order valence-electron chi connectivity index (χ2n) is 6.47. The molecule has 0 radical (unpaired) electrons. The molecule has 0 saturated carbocycles. The predicted octanol–water partition coefficient (Wildman–Crippen LogP) is 5.37. The minimum Gasteiger partial charge on any atom is -0.493 e. The molecule has 160 valence electrons. The minimum absolute atomic E-state index is 0.284. The molecule has 1 amide bonds. The maximum absolute atomic E-state index is 12.3. The van der Waals surface area contributed by atoms with Crippen LogP contribution in [0.4, 0.5) is 5.69 Å². The normalized spacial score (nSPS) is 10.7. The van der Waals surface area contributed by atoms with Crippen molar-refractivity contribution in [1.29, 1.82) is 0 Å². The number of nitrogens with one attached hydrogen (secondary N) is 1. The summed E-state index contributed by atoms with van der Waals surface area (Å²) < 4.78 is 16.6. The quantitative estimate of drug-likeness (QED) is 0.454. The molecule has 0 aliphatic heterocycles. The van der Waals surface area contributed by atoms with Gasteiger partial charge in [-0.1, -0.05) is 23.7 Å². The highest BCUT2D eigenvalue weighted by Gasteiger charge is 2.11. The van der Waals surface area contributed by atoms with Crippen LogP contribution in [0.1, 0.15) is 18.1 Å². The number of hydrogen-bond acceptors (Lipinski definition) is 5. The Hall–Kier alpha value is -3.51. The highest BCUT2D eigenvalue weighted by atomic mass is 35.5. The summed E-state index contributed by atoms with van der Waals surface area (Å²) in [5, 5.41) is 3.24. The molecule has 1 aromatic heterocycles. The zero-order valence-electron chi connectivity index (χ0n) is 17.3. The number of carbonyl (C=O) groups is 1. The minimum atomic E-state index is -0.284. The van der Waals surface area contributed by atoms with Gasteiger partial charge in [0, 0.05) is 35.8 Å². The Kier molecular flexibility index (Phi) is 7.90. The fourth-order valence-corrected chi connectivity index (χ4v) is 3.06. The van der Waals surface area contributed by atoms with Crippen molar-refractivity contribution in [2.75, 3.05) is 19.0 Å². The first-order valence-corrected chi connectivity index (χ1v) is 10.1. The van der Waals surface area contributed by atoms with E-state index >= 15 is 0 Å². The van der Waals surface area contributed by atoms with E-state index in [0.717, 1.165) is 5.56 Å². The van der Waals surface area contributed by atoms with E-state index in [9.17, 15) is 4.79 Å². The lowest BCUT2D eigenvalue weighted by Gasteiger charge is -2.12. The molecule has 3 aromatic rings. The number of aromatic nitrogens is 1. The van der Waals surface area contributed by atoms with Gasteiger partial charge in [-0.25, -0.2) is 0 Å². The largest absolute Gasteiger partial charge is 0.493 e. The van der Waals surface area contributed by atoms with Gasteiger partial charge in [-0.15, -0.1) is 0 Å². The first-order valence-electron chi connectivity index (χ1n) is 9.70. The second-order valence-corrected chi connectivity index (χ2v) is 6.87. The Balaban J connectivity index is 1.63. The van der Waals surface area contributed by atoms with Gasteiger partial charge >= 0.3 is 0 Å². The highest BCUT2D eigenvalue weighted by molar-refractivity contribution is 6.32. The SMILES string of the molecule is CCOc1c(Cl)cc(/C=C/C(=O)Nc2cccc(OCc3cccnc3)c2)cc1OC. The van der Waals surface area contributed by atoms with Crippen molar-refractivity contribution in [2.45, 2.75) is 13.5 Å². The molecule has 2 aromatic carbocycles. The summed E-state index contributed by atoms with van der Waals surface area (Å²) in [5.74, 6) is 1.35. The Morgan fingerprint density at radius 3 is 2.77 bits per heavy atom. The molecule has 0 aliphatic carbocycles. The molecule has 7 heteroatoms. The standard InChI is InChI=1S/C24H23ClN2O4/c1-3-30-24-21(25)12-17(13-22(24)29-2)9-10-23(28)27-19-7-4-8-20(14-19)31-16-18-6-5-11-26-15-18/h4-15H,3,16H2,1-2H3,(H,27,28)/b10-9+. The Labute approximate surface area is 186 Å². The van der Waals surface area contributed by atoms with Crippen molar-refractivity contribution in [3.8, 4) is 17.2 Å². The van der Waals surface area contributed by atoms with Gasteiger partial charge in [0.05, 0.1) is 18.7 Å². The summed E-state index contributed by atoms with van der Waals surface area (Å²) in [5.41, 5.74) is 2.30. The van der Waals surface area contributed by atoms with Crippen LogP contribution >= 0.6 is 11.6 Å². The van der Waals surface area contributed by atoms with E-state index in [1.165, 1.54) is 13.2 Å². The van der Waals surface area contributed by atoms with Crippen LogP contribution in [0.15, 0.2) is 67.0 Å². The Bertz CT molecular complexity index is 1050. The number of amides is 1. The average molecular weight is 439 g/mol. The monoisotopic (exact) mass is 438 g/mol. The van der Waals surface area contributed by atoms with E-state index < -0.39 is 0 Å². The number of hydrogen-bond donors (Lipinski definition) is 1. The van der Waals surface area contributed by atoms with Gasteiger partial charge in [0.25, 0.3) is 0 Å². The molecule has 6 nitrogen and oxygen atoms in total. The lowest BCUT2D eigenvalue weighted by molar-refractivity contribution is -0.111. The number of methoxy groups -OCH3 is 1. The molecular formula is C24H23ClN2O4. The number of ether oxygens (including phenoxy) is 3. The summed E-state index contributed by atoms with van der Waals surface area (Å²) in [6.07, 6.45) is 6.54. The summed E-state index contributed by atoms with van der Waals surface area (Å²) in [7, 11) is 1.54. The van der Waals surface area contributed by atoms with Crippen LogP contribution in [0.5, 0.6) is 17.2 Å². The lowest BCUT2D eigenvalue weighted by atomic mass is 10.2. The smallest absolute Gasteiger partial charge is 0.248 e. The number of carbonyl (C=O) groups excluding carboxylic acids is 1. The van der Waals surface area contributed by atoms with E-state index in [1.807, 2.05) is 31.2 Å². The fourth-order valence-electron chi connectivity index (χ4n) is 2.79. The first-order chi connectivity index (χ1) is 15.1. The third-order valence-electron chi connectivity index (χ3n) is 4.20. The third-order valence-corrected chi connectivity index (χ3v) is 4.48. The molecule has 31 heavy (non-hydrogen) atoms. The van der Waals surface area contributed by atoms with Crippen LogP contribution < -0.4 is 19.5 Å². The van der Waals surface area contributed by atoms with E-state index in [0.29, 0.717) is 46.7 Å². The maximum Gasteiger partial charge on any atom is 0.248 e. The second kappa shape index (κ2) is 11.0. The van der Waals surface area contributed by atoms with Crippen LogP contribution in [-0.2, 0) is 11.4 Å².